The molecule has 1 N–H and O–H groups in total. The summed E-state index contributed by atoms with van der Waals surface area (Å²) in [5, 5.41) is 3.72. The Morgan fingerprint density at radius 1 is 1.06 bits per heavy atom. The van der Waals surface area contributed by atoms with E-state index < -0.39 is 11.9 Å². The molecular weight excluding hydrogens is 454 g/mol. The Morgan fingerprint density at radius 2 is 1.78 bits per heavy atom. The van der Waals surface area contributed by atoms with Crippen molar-refractivity contribution in [1.29, 1.82) is 0 Å². The Kier molecular flexibility index (Phi) is 6.12. The molecule has 0 amide bonds. The minimum absolute atomic E-state index is 0.0756. The predicted molar refractivity (Wildman–Crippen MR) is 137 cm³/mol. The number of para-hydroxylation sites is 1. The van der Waals surface area contributed by atoms with Crippen molar-refractivity contribution in [3.63, 3.8) is 0 Å². The largest absolute Gasteiger partial charge is 0.464 e. The van der Waals surface area contributed by atoms with Crippen LogP contribution in [0.25, 0.3) is 11.0 Å². The minimum Gasteiger partial charge on any atom is -0.464 e. The number of Topliss-reactive ketones (excluding diaryl/α,β-unsaturated/α-hetero) is 1. The second-order valence-electron chi connectivity index (χ2n) is 10.3. The van der Waals surface area contributed by atoms with Crippen molar-refractivity contribution in [3.8, 4) is 0 Å². The molecular formula is C30H29NO5. The number of rotatable bonds is 5. The van der Waals surface area contributed by atoms with Crippen molar-refractivity contribution in [2.75, 3.05) is 6.61 Å². The Bertz CT molecular complexity index is 1480. The number of ketones is 1. The van der Waals surface area contributed by atoms with E-state index in [0.29, 0.717) is 41.5 Å². The number of hydrogen-bond donors (Lipinski definition) is 1. The van der Waals surface area contributed by atoms with E-state index in [0.717, 1.165) is 11.3 Å². The Morgan fingerprint density at radius 3 is 2.56 bits per heavy atom. The van der Waals surface area contributed by atoms with E-state index in [4.69, 9.17) is 9.15 Å². The molecule has 184 valence electrons. The summed E-state index contributed by atoms with van der Waals surface area (Å²) in [5.41, 5.74) is 3.37. The normalized spacial score (nSPS) is 19.2. The third kappa shape index (κ3) is 4.39. The molecule has 1 aliphatic heterocycles. The van der Waals surface area contributed by atoms with Gasteiger partial charge in [-0.3, -0.25) is 9.59 Å². The van der Waals surface area contributed by atoms with E-state index in [2.05, 4.69) is 5.32 Å². The number of allylic oxidation sites excluding steroid dienone is 3. The molecule has 0 radical (unpaired) electrons. The van der Waals surface area contributed by atoms with Crippen molar-refractivity contribution < 1.29 is 18.7 Å². The SMILES string of the molecule is CC1=C(C(=O)OCCc2ccccc2)C(c2coc3ccccc3c2=O)C2=C(CC(C)(C)CC2=O)N1. The van der Waals surface area contributed by atoms with Crippen LogP contribution in [-0.4, -0.2) is 18.4 Å². The Labute approximate surface area is 209 Å². The topological polar surface area (TPSA) is 85.6 Å². The second kappa shape index (κ2) is 9.26. The van der Waals surface area contributed by atoms with Crippen molar-refractivity contribution >= 4 is 22.7 Å². The minimum atomic E-state index is -0.852. The lowest BCUT2D eigenvalue weighted by Gasteiger charge is -2.39. The first-order valence-electron chi connectivity index (χ1n) is 12.2. The number of carbonyl (C=O) groups excluding carboxylic acids is 2. The van der Waals surface area contributed by atoms with Gasteiger partial charge in [-0.1, -0.05) is 56.3 Å². The van der Waals surface area contributed by atoms with Crippen LogP contribution in [0.4, 0.5) is 0 Å². The zero-order valence-electron chi connectivity index (χ0n) is 20.7. The Hall–Kier alpha value is -3.93. The molecule has 3 aromatic rings. The third-order valence-electron chi connectivity index (χ3n) is 6.94. The fourth-order valence-electron chi connectivity index (χ4n) is 5.29. The molecule has 5 rings (SSSR count). The molecule has 1 aliphatic carbocycles. The summed E-state index contributed by atoms with van der Waals surface area (Å²) in [6.07, 6.45) is 2.93. The first-order valence-corrected chi connectivity index (χ1v) is 12.2. The van der Waals surface area contributed by atoms with Crippen LogP contribution >= 0.6 is 0 Å². The van der Waals surface area contributed by atoms with E-state index in [1.807, 2.05) is 44.2 Å². The van der Waals surface area contributed by atoms with Gasteiger partial charge in [0.25, 0.3) is 0 Å². The lowest BCUT2D eigenvalue weighted by molar-refractivity contribution is -0.139. The Balaban J connectivity index is 1.57. The van der Waals surface area contributed by atoms with E-state index in [9.17, 15) is 14.4 Å². The van der Waals surface area contributed by atoms with E-state index >= 15 is 0 Å². The molecule has 1 unspecified atom stereocenters. The smallest absolute Gasteiger partial charge is 0.336 e. The zero-order chi connectivity index (χ0) is 25.4. The van der Waals surface area contributed by atoms with Crippen LogP contribution in [0, 0.1) is 5.41 Å². The lowest BCUT2D eigenvalue weighted by Crippen LogP contribution is -2.39. The molecule has 2 aliphatic rings. The molecule has 36 heavy (non-hydrogen) atoms. The highest BCUT2D eigenvalue weighted by Gasteiger charge is 2.44. The third-order valence-corrected chi connectivity index (χ3v) is 6.94. The summed E-state index contributed by atoms with van der Waals surface area (Å²) in [5.74, 6) is -1.47. The van der Waals surface area contributed by atoms with Gasteiger partial charge in [0.2, 0.25) is 0 Å². The first kappa shape index (κ1) is 23.8. The van der Waals surface area contributed by atoms with Gasteiger partial charge >= 0.3 is 5.97 Å². The van der Waals surface area contributed by atoms with Crippen molar-refractivity contribution in [2.24, 2.45) is 5.41 Å². The van der Waals surface area contributed by atoms with Gasteiger partial charge in [-0.25, -0.2) is 4.79 Å². The summed E-state index contributed by atoms with van der Waals surface area (Å²) >= 11 is 0. The quantitative estimate of drug-likeness (QED) is 0.503. The van der Waals surface area contributed by atoms with Gasteiger partial charge in [0.05, 0.1) is 29.7 Å². The van der Waals surface area contributed by atoms with Gasteiger partial charge in [-0.15, -0.1) is 0 Å². The fourth-order valence-corrected chi connectivity index (χ4v) is 5.29. The average molecular weight is 484 g/mol. The highest BCUT2D eigenvalue weighted by atomic mass is 16.5. The molecule has 6 nitrogen and oxygen atoms in total. The monoisotopic (exact) mass is 483 g/mol. The lowest BCUT2D eigenvalue weighted by atomic mass is 9.68. The summed E-state index contributed by atoms with van der Waals surface area (Å²) in [6.45, 7) is 6.06. The summed E-state index contributed by atoms with van der Waals surface area (Å²) in [6, 6.07) is 16.7. The van der Waals surface area contributed by atoms with Crippen LogP contribution in [0.3, 0.4) is 0 Å². The maximum atomic E-state index is 13.6. The van der Waals surface area contributed by atoms with Gasteiger partial charge < -0.3 is 14.5 Å². The summed E-state index contributed by atoms with van der Waals surface area (Å²) < 4.78 is 11.5. The maximum Gasteiger partial charge on any atom is 0.336 e. The molecule has 0 bridgehead atoms. The van der Waals surface area contributed by atoms with Crippen LogP contribution in [0.1, 0.15) is 50.7 Å². The van der Waals surface area contributed by atoms with Gasteiger partial charge in [0.15, 0.2) is 11.2 Å². The second-order valence-corrected chi connectivity index (χ2v) is 10.3. The maximum absolute atomic E-state index is 13.6. The van der Waals surface area contributed by atoms with Gasteiger partial charge in [0.1, 0.15) is 5.58 Å². The highest BCUT2D eigenvalue weighted by Crippen LogP contribution is 2.46. The number of fused-ring (bicyclic) bond motifs is 1. The molecule has 1 aromatic heterocycles. The molecule has 2 heterocycles. The van der Waals surface area contributed by atoms with Crippen LogP contribution in [0.2, 0.25) is 0 Å². The number of nitrogens with one attached hydrogen (secondary N) is 1. The molecule has 2 aromatic carbocycles. The van der Waals surface area contributed by atoms with Crippen molar-refractivity contribution in [2.45, 2.75) is 46.0 Å². The van der Waals surface area contributed by atoms with Gasteiger partial charge in [-0.05, 0) is 36.5 Å². The number of carbonyl (C=O) groups is 2. The van der Waals surface area contributed by atoms with Crippen molar-refractivity contribution in [3.05, 3.63) is 105 Å². The molecule has 0 spiro atoms. The standard InChI is InChI=1S/C30H29NO5/c1-18-25(29(34)35-14-13-19-9-5-4-6-10-19)26(27-22(31-18)15-30(2,3)16-23(27)32)21-17-36-24-12-8-7-11-20(24)28(21)33/h4-12,17,26,31H,13-16H2,1-3H3. The predicted octanol–water partition coefficient (Wildman–Crippen LogP) is 5.18. The summed E-state index contributed by atoms with van der Waals surface area (Å²) in [7, 11) is 0. The molecule has 0 saturated heterocycles. The van der Waals surface area contributed by atoms with Crippen molar-refractivity contribution in [1.82, 2.24) is 5.32 Å². The first-order chi connectivity index (χ1) is 17.2. The average Bonchev–Trinajstić information content (AvgIpc) is 2.83. The van der Waals surface area contributed by atoms with Gasteiger partial charge in [0, 0.05) is 35.4 Å². The van der Waals surface area contributed by atoms with Gasteiger partial charge in [-0.2, -0.15) is 0 Å². The summed E-state index contributed by atoms with van der Waals surface area (Å²) in [4.78, 5) is 40.6. The number of esters is 1. The molecule has 1 atom stereocenters. The number of benzene rings is 2. The molecule has 0 saturated carbocycles. The fraction of sp³-hybridized carbons (Fsp3) is 0.300. The molecule has 6 heteroatoms. The number of dihydropyridines is 1. The van der Waals surface area contributed by atoms with Crippen LogP contribution < -0.4 is 10.7 Å². The van der Waals surface area contributed by atoms with E-state index in [1.54, 1.807) is 31.2 Å². The van der Waals surface area contributed by atoms with E-state index in [-0.39, 0.29) is 34.4 Å². The zero-order valence-corrected chi connectivity index (χ0v) is 20.7. The molecule has 0 fully saturated rings. The van der Waals surface area contributed by atoms with E-state index in [1.165, 1.54) is 6.26 Å². The van der Waals surface area contributed by atoms with Crippen LogP contribution in [0.15, 0.2) is 92.6 Å². The number of hydrogen-bond acceptors (Lipinski definition) is 6. The van der Waals surface area contributed by atoms with Crippen LogP contribution in [-0.2, 0) is 20.7 Å². The highest BCUT2D eigenvalue weighted by molar-refractivity contribution is 6.04. The number of ether oxygens (including phenoxy) is 1. The van der Waals surface area contributed by atoms with Crippen LogP contribution in [0.5, 0.6) is 0 Å².